The van der Waals surface area contributed by atoms with Gasteiger partial charge >= 0.3 is 6.18 Å². The molecule has 1 unspecified atom stereocenters. The van der Waals surface area contributed by atoms with E-state index in [9.17, 15) is 18.0 Å². The van der Waals surface area contributed by atoms with Crippen molar-refractivity contribution in [3.63, 3.8) is 0 Å². The van der Waals surface area contributed by atoms with Crippen LogP contribution in [0, 0.1) is 13.8 Å². The number of aromatic nitrogens is 5. The number of piperazine rings is 1. The maximum Gasteiger partial charge on any atom is 0.416 e. The summed E-state index contributed by atoms with van der Waals surface area (Å²) in [5, 5.41) is 13.6. The minimum atomic E-state index is -4.41. The summed E-state index contributed by atoms with van der Waals surface area (Å²) in [4.78, 5) is 20.8. The van der Waals surface area contributed by atoms with Crippen molar-refractivity contribution in [1.82, 2.24) is 30.1 Å². The van der Waals surface area contributed by atoms with Crippen LogP contribution in [0.15, 0.2) is 77.6 Å². The molecule has 2 aromatic heterocycles. The van der Waals surface area contributed by atoms with Crippen molar-refractivity contribution in [2.24, 2.45) is 0 Å². The van der Waals surface area contributed by atoms with E-state index in [4.69, 9.17) is 0 Å². The van der Waals surface area contributed by atoms with Crippen molar-refractivity contribution < 1.29 is 13.2 Å². The van der Waals surface area contributed by atoms with Gasteiger partial charge in [-0.1, -0.05) is 36.4 Å². The zero-order valence-corrected chi connectivity index (χ0v) is 24.0. The van der Waals surface area contributed by atoms with Crippen LogP contribution in [0.3, 0.4) is 0 Å². The Morgan fingerprint density at radius 1 is 0.907 bits per heavy atom. The summed E-state index contributed by atoms with van der Waals surface area (Å²) in [7, 11) is 0. The first-order chi connectivity index (χ1) is 20.7. The molecule has 8 nitrogen and oxygen atoms in total. The van der Waals surface area contributed by atoms with E-state index in [0.717, 1.165) is 33.7 Å². The van der Waals surface area contributed by atoms with Gasteiger partial charge in [0.15, 0.2) is 5.82 Å². The Hall–Kier alpha value is -4.51. The fourth-order valence-electron chi connectivity index (χ4n) is 5.76. The highest BCUT2D eigenvalue weighted by Crippen LogP contribution is 2.33. The lowest BCUT2D eigenvalue weighted by atomic mass is 10.00. The average molecular weight is 588 g/mol. The molecule has 1 aliphatic rings. The highest BCUT2D eigenvalue weighted by atomic mass is 19.4. The minimum Gasteiger partial charge on any atom is -0.369 e. The molecule has 5 aromatic rings. The lowest BCUT2D eigenvalue weighted by Crippen LogP contribution is -2.49. The van der Waals surface area contributed by atoms with E-state index in [1.807, 2.05) is 61.2 Å². The Balaban J connectivity index is 1.34. The molecule has 1 aliphatic heterocycles. The standard InChI is InChI=1S/C32H32F3N7O/c1-21-17-24-19-27(31(43)36-28(24)18-22(21)2)29(30-37-38-39-42(30)12-11-23-7-4-3-5-8-23)41-15-13-40(14-16-41)26-10-6-9-25(20-26)32(33,34)35/h3-10,17-20,29H,11-16H2,1-2H3,(H,36,43). The van der Waals surface area contributed by atoms with Crippen LogP contribution < -0.4 is 10.5 Å². The molecule has 0 aliphatic carbocycles. The molecule has 1 fully saturated rings. The summed E-state index contributed by atoms with van der Waals surface area (Å²) in [5.74, 6) is 0.553. The van der Waals surface area contributed by atoms with Gasteiger partial charge < -0.3 is 9.88 Å². The number of nitrogens with zero attached hydrogens (tertiary/aromatic N) is 6. The third-order valence-corrected chi connectivity index (χ3v) is 8.26. The molecule has 3 heterocycles. The molecule has 1 atom stereocenters. The van der Waals surface area contributed by atoms with Gasteiger partial charge in [-0.15, -0.1) is 5.10 Å². The summed E-state index contributed by atoms with van der Waals surface area (Å²) in [6, 6.07) is 20.9. The van der Waals surface area contributed by atoms with Crippen LogP contribution in [-0.2, 0) is 19.1 Å². The van der Waals surface area contributed by atoms with Gasteiger partial charge in [0.25, 0.3) is 5.56 Å². The SMILES string of the molecule is Cc1cc2cc(C(c3nnnn3CCc3ccccc3)N3CCN(c4cccc(C(F)(F)F)c4)CC3)c(=O)[nH]c2cc1C. The van der Waals surface area contributed by atoms with Crippen LogP contribution in [0.5, 0.6) is 0 Å². The molecule has 0 bridgehead atoms. The molecular formula is C32H32F3N7O. The van der Waals surface area contributed by atoms with Crippen molar-refractivity contribution in [3.05, 3.63) is 117 Å². The number of aromatic amines is 1. The van der Waals surface area contributed by atoms with E-state index in [2.05, 4.69) is 31.5 Å². The van der Waals surface area contributed by atoms with Crippen molar-refractivity contribution in [3.8, 4) is 0 Å². The van der Waals surface area contributed by atoms with Crippen molar-refractivity contribution in [2.75, 3.05) is 31.1 Å². The summed E-state index contributed by atoms with van der Waals surface area (Å²) in [5.41, 5.74) is 4.26. The van der Waals surface area contributed by atoms with E-state index in [0.29, 0.717) is 56.2 Å². The van der Waals surface area contributed by atoms with E-state index >= 15 is 0 Å². The summed E-state index contributed by atoms with van der Waals surface area (Å²) < 4.78 is 41.9. The number of halogens is 3. The van der Waals surface area contributed by atoms with Crippen LogP contribution in [0.4, 0.5) is 18.9 Å². The molecule has 11 heteroatoms. The van der Waals surface area contributed by atoms with Crippen LogP contribution in [-0.4, -0.2) is 56.3 Å². The van der Waals surface area contributed by atoms with Crippen molar-refractivity contribution in [1.29, 1.82) is 0 Å². The maximum atomic E-state index is 13.6. The number of hydrogen-bond donors (Lipinski definition) is 1. The van der Waals surface area contributed by atoms with Gasteiger partial charge in [-0.3, -0.25) is 9.69 Å². The quantitative estimate of drug-likeness (QED) is 0.278. The van der Waals surface area contributed by atoms with E-state index in [1.165, 1.54) is 12.1 Å². The lowest BCUT2D eigenvalue weighted by molar-refractivity contribution is -0.137. The fraction of sp³-hybridized carbons (Fsp3) is 0.312. The van der Waals surface area contributed by atoms with E-state index in [1.54, 1.807) is 10.7 Å². The normalized spacial score (nSPS) is 15.2. The number of anilines is 1. The predicted octanol–water partition coefficient (Wildman–Crippen LogP) is 5.30. The van der Waals surface area contributed by atoms with Crippen LogP contribution in [0.25, 0.3) is 10.9 Å². The average Bonchev–Trinajstić information content (AvgIpc) is 3.46. The monoisotopic (exact) mass is 587 g/mol. The van der Waals surface area contributed by atoms with Gasteiger partial charge in [-0.25, -0.2) is 4.68 Å². The molecule has 1 N–H and O–H groups in total. The minimum absolute atomic E-state index is 0.223. The zero-order valence-electron chi connectivity index (χ0n) is 24.0. The number of rotatable bonds is 7. The molecule has 43 heavy (non-hydrogen) atoms. The Kier molecular flexibility index (Phi) is 7.74. The Labute approximate surface area is 246 Å². The van der Waals surface area contributed by atoms with Gasteiger partial charge in [-0.05, 0) is 89.2 Å². The molecule has 0 saturated carbocycles. The molecule has 0 radical (unpaired) electrons. The third-order valence-electron chi connectivity index (χ3n) is 8.26. The van der Waals surface area contributed by atoms with E-state index < -0.39 is 17.8 Å². The Morgan fingerprint density at radius 3 is 2.40 bits per heavy atom. The van der Waals surface area contributed by atoms with Gasteiger partial charge in [-0.2, -0.15) is 13.2 Å². The predicted molar refractivity (Wildman–Crippen MR) is 159 cm³/mol. The second kappa shape index (κ2) is 11.6. The van der Waals surface area contributed by atoms with Crippen molar-refractivity contribution >= 4 is 16.6 Å². The number of aryl methyl sites for hydroxylation is 4. The molecule has 3 aromatic carbocycles. The third kappa shape index (κ3) is 6.03. The molecule has 222 valence electrons. The van der Waals surface area contributed by atoms with E-state index in [-0.39, 0.29) is 5.56 Å². The van der Waals surface area contributed by atoms with Crippen LogP contribution in [0.2, 0.25) is 0 Å². The molecule has 0 amide bonds. The number of fused-ring (bicyclic) bond motifs is 1. The summed E-state index contributed by atoms with van der Waals surface area (Å²) >= 11 is 0. The maximum absolute atomic E-state index is 13.6. The first-order valence-electron chi connectivity index (χ1n) is 14.3. The lowest BCUT2D eigenvalue weighted by Gasteiger charge is -2.39. The van der Waals surface area contributed by atoms with Gasteiger partial charge in [0.2, 0.25) is 0 Å². The molecule has 0 spiro atoms. The number of pyridine rings is 1. The highest BCUT2D eigenvalue weighted by molar-refractivity contribution is 5.81. The Bertz CT molecular complexity index is 1790. The fourth-order valence-corrected chi connectivity index (χ4v) is 5.76. The highest BCUT2D eigenvalue weighted by Gasteiger charge is 2.34. The molecular weight excluding hydrogens is 555 g/mol. The number of H-pyrrole nitrogens is 1. The van der Waals surface area contributed by atoms with Crippen molar-refractivity contribution in [2.45, 2.75) is 39.0 Å². The molecule has 1 saturated heterocycles. The smallest absolute Gasteiger partial charge is 0.369 e. The van der Waals surface area contributed by atoms with Gasteiger partial charge in [0.05, 0.1) is 5.56 Å². The number of alkyl halides is 3. The van der Waals surface area contributed by atoms with Gasteiger partial charge in [0.1, 0.15) is 6.04 Å². The van der Waals surface area contributed by atoms with Crippen LogP contribution in [0.1, 0.15) is 39.7 Å². The number of nitrogens with one attached hydrogen (secondary N) is 1. The second-order valence-corrected chi connectivity index (χ2v) is 11.0. The number of tetrazole rings is 1. The summed E-state index contributed by atoms with van der Waals surface area (Å²) in [6.45, 7) is 6.52. The first kappa shape index (κ1) is 28.6. The first-order valence-corrected chi connectivity index (χ1v) is 14.3. The van der Waals surface area contributed by atoms with Crippen LogP contribution >= 0.6 is 0 Å². The topological polar surface area (TPSA) is 82.9 Å². The second-order valence-electron chi connectivity index (χ2n) is 11.0. The number of hydrogen-bond acceptors (Lipinski definition) is 6. The summed E-state index contributed by atoms with van der Waals surface area (Å²) in [6.07, 6.45) is -3.70. The zero-order chi connectivity index (χ0) is 30.1. The van der Waals surface area contributed by atoms with Gasteiger partial charge in [0, 0.05) is 49.5 Å². The number of benzene rings is 3. The Morgan fingerprint density at radius 2 is 1.65 bits per heavy atom. The molecule has 6 rings (SSSR count). The largest absolute Gasteiger partial charge is 0.416 e.